The van der Waals surface area contributed by atoms with Crippen molar-refractivity contribution in [1.29, 1.82) is 0 Å². The molecule has 2 fully saturated rings. The van der Waals surface area contributed by atoms with Crippen LogP contribution in [0.2, 0.25) is 0 Å². The summed E-state index contributed by atoms with van der Waals surface area (Å²) in [7, 11) is 2.17. The van der Waals surface area contributed by atoms with E-state index in [1.807, 2.05) is 24.4 Å². The predicted molar refractivity (Wildman–Crippen MR) is 143 cm³/mol. The number of likely N-dealkylation sites (N-methyl/N-ethyl adjacent to an activating group) is 1. The molecule has 0 spiro atoms. The lowest BCUT2D eigenvalue weighted by molar-refractivity contribution is 0.194. The lowest BCUT2D eigenvalue weighted by atomic mass is 10.2. The van der Waals surface area contributed by atoms with Crippen molar-refractivity contribution < 1.29 is 5.11 Å². The number of aromatic nitrogens is 4. The molecule has 0 bridgehead atoms. The van der Waals surface area contributed by atoms with E-state index in [2.05, 4.69) is 62.0 Å². The van der Waals surface area contributed by atoms with Gasteiger partial charge in [-0.2, -0.15) is 4.98 Å². The van der Waals surface area contributed by atoms with E-state index in [-0.39, 0.29) is 0 Å². The zero-order chi connectivity index (χ0) is 24.6. The van der Waals surface area contributed by atoms with Gasteiger partial charge >= 0.3 is 0 Å². The Bertz CT molecular complexity index is 1350. The fourth-order valence-electron chi connectivity index (χ4n) is 4.95. The molecule has 186 valence electrons. The molecular weight excluding hydrogens is 450 g/mol. The van der Waals surface area contributed by atoms with Gasteiger partial charge in [0.1, 0.15) is 5.82 Å². The zero-order valence-electron chi connectivity index (χ0n) is 20.9. The third-order valence-electron chi connectivity index (χ3n) is 7.08. The fourth-order valence-corrected chi connectivity index (χ4v) is 4.95. The van der Waals surface area contributed by atoms with Gasteiger partial charge in [0.15, 0.2) is 5.65 Å². The van der Waals surface area contributed by atoms with E-state index in [9.17, 15) is 5.11 Å². The highest BCUT2D eigenvalue weighted by molar-refractivity contribution is 5.80. The normalized spacial score (nSPS) is 17.5. The minimum atomic E-state index is -0.433. The van der Waals surface area contributed by atoms with E-state index in [4.69, 9.17) is 9.97 Å². The Balaban J connectivity index is 1.29. The number of anilines is 3. The first-order chi connectivity index (χ1) is 17.5. The molecule has 0 amide bonds. The number of rotatable bonds is 7. The van der Waals surface area contributed by atoms with Crippen LogP contribution in [0, 0.1) is 0 Å². The van der Waals surface area contributed by atoms with Gasteiger partial charge in [-0.15, -0.1) is 0 Å². The van der Waals surface area contributed by atoms with Crippen molar-refractivity contribution in [1.82, 2.24) is 24.4 Å². The summed E-state index contributed by atoms with van der Waals surface area (Å²) in [6.07, 6.45) is 4.35. The summed E-state index contributed by atoms with van der Waals surface area (Å²) in [5, 5.41) is 14.2. The first-order valence-corrected chi connectivity index (χ1v) is 12.9. The molecule has 4 heterocycles. The molecule has 6 rings (SSSR count). The number of aliphatic hydroxyl groups is 1. The SMILES string of the molecule is CC(O)Cc1cccc(-n2c(C3CC3)cc3cnc(Nc4ccc(N5CCN(C)CC5)cc4)nc32)n1. The van der Waals surface area contributed by atoms with Crippen LogP contribution in [0.25, 0.3) is 16.9 Å². The van der Waals surface area contributed by atoms with Gasteiger partial charge in [-0.1, -0.05) is 6.07 Å². The minimum Gasteiger partial charge on any atom is -0.393 e. The third-order valence-corrected chi connectivity index (χ3v) is 7.08. The van der Waals surface area contributed by atoms with E-state index >= 15 is 0 Å². The molecule has 1 saturated carbocycles. The lowest BCUT2D eigenvalue weighted by Gasteiger charge is -2.34. The van der Waals surface area contributed by atoms with Crippen LogP contribution >= 0.6 is 0 Å². The Kier molecular flexibility index (Phi) is 6.07. The van der Waals surface area contributed by atoms with Crippen molar-refractivity contribution in [3.05, 3.63) is 66.1 Å². The summed E-state index contributed by atoms with van der Waals surface area (Å²) in [5.74, 6) is 1.93. The highest BCUT2D eigenvalue weighted by Crippen LogP contribution is 2.43. The number of aliphatic hydroxyl groups excluding tert-OH is 1. The molecule has 1 unspecified atom stereocenters. The van der Waals surface area contributed by atoms with Crippen LogP contribution in [0.15, 0.2) is 54.7 Å². The fraction of sp³-hybridized carbons (Fsp3) is 0.393. The topological polar surface area (TPSA) is 82.3 Å². The number of nitrogens with one attached hydrogen (secondary N) is 1. The van der Waals surface area contributed by atoms with Gasteiger partial charge in [0.2, 0.25) is 5.95 Å². The zero-order valence-corrected chi connectivity index (χ0v) is 20.9. The van der Waals surface area contributed by atoms with Gasteiger partial charge in [0.25, 0.3) is 0 Å². The number of nitrogens with zero attached hydrogens (tertiary/aromatic N) is 6. The molecule has 1 aliphatic carbocycles. The molecule has 1 aliphatic heterocycles. The molecule has 1 saturated heterocycles. The summed E-state index contributed by atoms with van der Waals surface area (Å²) in [6, 6.07) is 16.7. The molecule has 2 N–H and O–H groups in total. The average molecular weight is 484 g/mol. The second-order valence-corrected chi connectivity index (χ2v) is 10.2. The quantitative estimate of drug-likeness (QED) is 0.409. The Labute approximate surface area is 211 Å². The van der Waals surface area contributed by atoms with E-state index in [1.54, 1.807) is 6.92 Å². The van der Waals surface area contributed by atoms with Crippen LogP contribution in [-0.4, -0.2) is 68.9 Å². The van der Waals surface area contributed by atoms with Gasteiger partial charge in [0, 0.05) is 66.9 Å². The second-order valence-electron chi connectivity index (χ2n) is 10.2. The number of hydrogen-bond donors (Lipinski definition) is 2. The smallest absolute Gasteiger partial charge is 0.229 e. The number of hydrogen-bond acceptors (Lipinski definition) is 7. The first-order valence-electron chi connectivity index (χ1n) is 12.9. The predicted octanol–water partition coefficient (Wildman–Crippen LogP) is 4.11. The van der Waals surface area contributed by atoms with Crippen LogP contribution in [0.4, 0.5) is 17.3 Å². The van der Waals surface area contributed by atoms with Gasteiger partial charge in [-0.3, -0.25) is 4.57 Å². The Hall–Kier alpha value is -3.49. The minimum absolute atomic E-state index is 0.433. The molecule has 8 nitrogen and oxygen atoms in total. The number of pyridine rings is 1. The van der Waals surface area contributed by atoms with Crippen molar-refractivity contribution in [2.45, 2.75) is 38.2 Å². The number of benzene rings is 1. The van der Waals surface area contributed by atoms with Crippen LogP contribution in [-0.2, 0) is 6.42 Å². The summed E-state index contributed by atoms with van der Waals surface area (Å²) < 4.78 is 2.17. The molecule has 8 heteroatoms. The second kappa shape index (κ2) is 9.52. The maximum atomic E-state index is 9.85. The maximum absolute atomic E-state index is 9.85. The Morgan fingerprint density at radius 2 is 1.81 bits per heavy atom. The summed E-state index contributed by atoms with van der Waals surface area (Å²) in [4.78, 5) is 19.2. The van der Waals surface area contributed by atoms with Gasteiger partial charge < -0.3 is 20.2 Å². The highest BCUT2D eigenvalue weighted by atomic mass is 16.3. The molecule has 4 aromatic rings. The monoisotopic (exact) mass is 483 g/mol. The van der Waals surface area contributed by atoms with Gasteiger partial charge in [0.05, 0.1) is 6.10 Å². The van der Waals surface area contributed by atoms with Crippen molar-refractivity contribution in [3.8, 4) is 5.82 Å². The first kappa shape index (κ1) is 22.9. The standard InChI is InChI=1S/C28H33N7O/c1-19(36)16-23-4-3-5-26(30-23)35-25(20-6-7-20)17-21-18-29-28(32-27(21)35)31-22-8-10-24(11-9-22)34-14-12-33(2)13-15-34/h3-5,8-11,17-20,36H,6-7,12-16H2,1-2H3,(H,29,31,32). The van der Waals surface area contributed by atoms with Crippen molar-refractivity contribution in [2.75, 3.05) is 43.4 Å². The van der Waals surface area contributed by atoms with Crippen LogP contribution < -0.4 is 10.2 Å². The largest absolute Gasteiger partial charge is 0.393 e. The number of piperazine rings is 1. The summed E-state index contributed by atoms with van der Waals surface area (Å²) in [6.45, 7) is 6.07. The van der Waals surface area contributed by atoms with Crippen molar-refractivity contribution in [3.63, 3.8) is 0 Å². The Morgan fingerprint density at radius 1 is 1.03 bits per heavy atom. The van der Waals surface area contributed by atoms with Crippen LogP contribution in [0.5, 0.6) is 0 Å². The summed E-state index contributed by atoms with van der Waals surface area (Å²) >= 11 is 0. The van der Waals surface area contributed by atoms with Crippen molar-refractivity contribution >= 4 is 28.4 Å². The van der Waals surface area contributed by atoms with Crippen LogP contribution in [0.1, 0.15) is 37.1 Å². The molecule has 1 atom stereocenters. The summed E-state index contributed by atoms with van der Waals surface area (Å²) in [5.41, 5.74) is 5.17. The molecule has 0 radical (unpaired) electrons. The molecular formula is C28H33N7O. The Morgan fingerprint density at radius 3 is 2.53 bits per heavy atom. The van der Waals surface area contributed by atoms with E-state index in [0.29, 0.717) is 18.3 Å². The van der Waals surface area contributed by atoms with E-state index < -0.39 is 6.10 Å². The van der Waals surface area contributed by atoms with Crippen molar-refractivity contribution in [2.24, 2.45) is 0 Å². The average Bonchev–Trinajstić information content (AvgIpc) is 3.65. The van der Waals surface area contributed by atoms with Crippen LogP contribution in [0.3, 0.4) is 0 Å². The number of fused-ring (bicyclic) bond motifs is 1. The van der Waals surface area contributed by atoms with E-state index in [1.165, 1.54) is 24.2 Å². The molecule has 3 aromatic heterocycles. The van der Waals surface area contributed by atoms with E-state index in [0.717, 1.165) is 54.4 Å². The lowest BCUT2D eigenvalue weighted by Crippen LogP contribution is -2.44. The maximum Gasteiger partial charge on any atom is 0.229 e. The molecule has 36 heavy (non-hydrogen) atoms. The molecule has 1 aromatic carbocycles. The van der Waals surface area contributed by atoms with Gasteiger partial charge in [-0.05, 0) is 75.2 Å². The molecule has 2 aliphatic rings. The third kappa shape index (κ3) is 4.79. The highest BCUT2D eigenvalue weighted by Gasteiger charge is 2.29. The van der Waals surface area contributed by atoms with Gasteiger partial charge in [-0.25, -0.2) is 9.97 Å².